The topological polar surface area (TPSA) is 49.2 Å². The van der Waals surface area contributed by atoms with E-state index in [0.29, 0.717) is 11.1 Å². The second-order valence-corrected chi connectivity index (χ2v) is 5.68. The van der Waals surface area contributed by atoms with E-state index in [2.05, 4.69) is 14.9 Å². The third-order valence-electron chi connectivity index (χ3n) is 3.86. The van der Waals surface area contributed by atoms with Gasteiger partial charge in [0, 0.05) is 31.0 Å². The summed E-state index contributed by atoms with van der Waals surface area (Å²) >= 11 is 6.19. The molecule has 1 aromatic heterocycles. The fourth-order valence-electron chi connectivity index (χ4n) is 2.58. The largest absolute Gasteiger partial charge is 0.393 e. The van der Waals surface area contributed by atoms with Crippen molar-refractivity contribution in [2.45, 2.75) is 46.1 Å². The van der Waals surface area contributed by atoms with Gasteiger partial charge in [-0.1, -0.05) is 18.5 Å². The van der Waals surface area contributed by atoms with E-state index >= 15 is 0 Å². The Hall–Kier alpha value is -0.870. The molecule has 2 atom stereocenters. The molecule has 0 aliphatic carbocycles. The highest BCUT2D eigenvalue weighted by atomic mass is 35.5. The average Bonchev–Trinajstić information content (AvgIpc) is 2.41. The summed E-state index contributed by atoms with van der Waals surface area (Å²) < 4.78 is 0. The summed E-state index contributed by atoms with van der Waals surface area (Å²) in [6.07, 6.45) is 2.66. The lowest BCUT2D eigenvalue weighted by Gasteiger charge is -2.35. The molecule has 1 fully saturated rings. The average molecular weight is 284 g/mol. The van der Waals surface area contributed by atoms with Gasteiger partial charge < -0.3 is 10.0 Å². The molecule has 1 aromatic rings. The van der Waals surface area contributed by atoms with E-state index in [1.807, 2.05) is 20.8 Å². The summed E-state index contributed by atoms with van der Waals surface area (Å²) in [6.45, 7) is 7.67. The Bertz CT molecular complexity index is 451. The Morgan fingerprint density at radius 2 is 2.21 bits per heavy atom. The second kappa shape index (κ2) is 6.06. The summed E-state index contributed by atoms with van der Waals surface area (Å²) in [5.41, 5.74) is 0.935. The Balaban J connectivity index is 2.27. The van der Waals surface area contributed by atoms with Gasteiger partial charge in [-0.25, -0.2) is 9.97 Å². The van der Waals surface area contributed by atoms with Crippen LogP contribution in [0.5, 0.6) is 0 Å². The SMILES string of the molecule is CCc1nc(Cl)c(C)c(N2CCCC(C(C)O)C2)n1. The van der Waals surface area contributed by atoms with Gasteiger partial charge >= 0.3 is 0 Å². The zero-order valence-corrected chi connectivity index (χ0v) is 12.6. The van der Waals surface area contributed by atoms with Crippen molar-refractivity contribution in [1.29, 1.82) is 0 Å². The van der Waals surface area contributed by atoms with Crippen LogP contribution in [0.15, 0.2) is 0 Å². The zero-order valence-electron chi connectivity index (χ0n) is 11.9. The lowest BCUT2D eigenvalue weighted by Crippen LogP contribution is -2.40. The molecule has 0 bridgehead atoms. The van der Waals surface area contributed by atoms with Crippen LogP contribution < -0.4 is 4.90 Å². The molecule has 0 saturated carbocycles. The predicted octanol–water partition coefficient (Wildman–Crippen LogP) is 2.60. The molecule has 0 aromatic carbocycles. The Morgan fingerprint density at radius 1 is 1.47 bits per heavy atom. The third kappa shape index (κ3) is 3.18. The molecule has 1 aliphatic heterocycles. The zero-order chi connectivity index (χ0) is 14.0. The maximum Gasteiger partial charge on any atom is 0.137 e. The van der Waals surface area contributed by atoms with E-state index in [1.54, 1.807) is 0 Å². The molecular weight excluding hydrogens is 262 g/mol. The van der Waals surface area contributed by atoms with Crippen LogP contribution in [0.1, 0.15) is 38.1 Å². The quantitative estimate of drug-likeness (QED) is 0.867. The molecule has 106 valence electrons. The predicted molar refractivity (Wildman–Crippen MR) is 77.8 cm³/mol. The molecule has 1 aliphatic rings. The van der Waals surface area contributed by atoms with Crippen LogP contribution in [0.2, 0.25) is 5.15 Å². The number of aliphatic hydroxyl groups excluding tert-OH is 1. The highest BCUT2D eigenvalue weighted by molar-refractivity contribution is 6.30. The number of hydrogen-bond donors (Lipinski definition) is 1. The van der Waals surface area contributed by atoms with Gasteiger partial charge in [0.1, 0.15) is 16.8 Å². The van der Waals surface area contributed by atoms with Crippen molar-refractivity contribution in [3.8, 4) is 0 Å². The van der Waals surface area contributed by atoms with Crippen molar-refractivity contribution in [3.63, 3.8) is 0 Å². The summed E-state index contributed by atoms with van der Waals surface area (Å²) in [6, 6.07) is 0. The first-order valence-corrected chi connectivity index (χ1v) is 7.36. The summed E-state index contributed by atoms with van der Waals surface area (Å²) in [4.78, 5) is 11.1. The van der Waals surface area contributed by atoms with Crippen LogP contribution in [0.4, 0.5) is 5.82 Å². The minimum absolute atomic E-state index is 0.272. The van der Waals surface area contributed by atoms with Crippen molar-refractivity contribution in [2.24, 2.45) is 5.92 Å². The first-order valence-electron chi connectivity index (χ1n) is 6.99. The molecule has 0 radical (unpaired) electrons. The van der Waals surface area contributed by atoms with Gasteiger partial charge in [0.05, 0.1) is 6.10 Å². The Morgan fingerprint density at radius 3 is 2.84 bits per heavy atom. The van der Waals surface area contributed by atoms with Crippen LogP contribution in [0.3, 0.4) is 0 Å². The molecule has 0 amide bonds. The van der Waals surface area contributed by atoms with Gasteiger partial charge in [0.2, 0.25) is 0 Å². The van der Waals surface area contributed by atoms with Crippen LogP contribution in [-0.4, -0.2) is 34.3 Å². The number of rotatable bonds is 3. The van der Waals surface area contributed by atoms with Gasteiger partial charge in [0.15, 0.2) is 0 Å². The first-order chi connectivity index (χ1) is 9.02. The summed E-state index contributed by atoms with van der Waals surface area (Å²) in [7, 11) is 0. The first kappa shape index (κ1) is 14.5. The molecule has 2 heterocycles. The van der Waals surface area contributed by atoms with E-state index in [1.165, 1.54) is 0 Å². The lowest BCUT2D eigenvalue weighted by molar-refractivity contribution is 0.115. The third-order valence-corrected chi connectivity index (χ3v) is 4.23. The number of aromatic nitrogens is 2. The van der Waals surface area contributed by atoms with Crippen molar-refractivity contribution in [1.82, 2.24) is 9.97 Å². The number of aryl methyl sites for hydroxylation is 1. The maximum atomic E-state index is 9.78. The van der Waals surface area contributed by atoms with Gasteiger partial charge in [-0.15, -0.1) is 0 Å². The lowest BCUT2D eigenvalue weighted by atomic mass is 9.93. The minimum atomic E-state index is -0.272. The molecule has 0 spiro atoms. The summed E-state index contributed by atoms with van der Waals surface area (Å²) in [5, 5.41) is 10.3. The highest BCUT2D eigenvalue weighted by Crippen LogP contribution is 2.28. The van der Waals surface area contributed by atoms with Crippen molar-refractivity contribution in [2.75, 3.05) is 18.0 Å². The van der Waals surface area contributed by atoms with Crippen molar-refractivity contribution in [3.05, 3.63) is 16.5 Å². The summed E-state index contributed by atoms with van der Waals surface area (Å²) in [5.74, 6) is 2.03. The number of halogens is 1. The smallest absolute Gasteiger partial charge is 0.137 e. The Kier molecular flexibility index (Phi) is 4.63. The number of piperidine rings is 1. The number of anilines is 1. The minimum Gasteiger partial charge on any atom is -0.393 e. The normalized spacial score (nSPS) is 21.5. The Labute approximate surface area is 119 Å². The second-order valence-electron chi connectivity index (χ2n) is 5.32. The van der Waals surface area contributed by atoms with Crippen LogP contribution in [0, 0.1) is 12.8 Å². The van der Waals surface area contributed by atoms with E-state index in [9.17, 15) is 5.11 Å². The molecule has 4 nitrogen and oxygen atoms in total. The molecule has 2 unspecified atom stereocenters. The van der Waals surface area contributed by atoms with Gasteiger partial charge in [-0.2, -0.15) is 0 Å². The van der Waals surface area contributed by atoms with Crippen molar-refractivity contribution < 1.29 is 5.11 Å². The van der Waals surface area contributed by atoms with Gasteiger partial charge in [-0.3, -0.25) is 0 Å². The van der Waals surface area contributed by atoms with Crippen molar-refractivity contribution >= 4 is 17.4 Å². The molecule has 1 N–H and O–H groups in total. The molecule has 5 heteroatoms. The molecule has 19 heavy (non-hydrogen) atoms. The highest BCUT2D eigenvalue weighted by Gasteiger charge is 2.26. The monoisotopic (exact) mass is 283 g/mol. The number of nitrogens with zero attached hydrogens (tertiary/aromatic N) is 3. The number of aliphatic hydroxyl groups is 1. The fraction of sp³-hybridized carbons (Fsp3) is 0.714. The fourth-order valence-corrected chi connectivity index (χ4v) is 2.76. The van der Waals surface area contributed by atoms with E-state index < -0.39 is 0 Å². The van der Waals surface area contributed by atoms with E-state index in [0.717, 1.165) is 49.6 Å². The standard InChI is InChI=1S/C14H22ClN3O/c1-4-12-16-13(15)9(2)14(17-12)18-7-5-6-11(8-18)10(3)19/h10-11,19H,4-8H2,1-3H3. The molecule has 1 saturated heterocycles. The van der Waals surface area contributed by atoms with Gasteiger partial charge in [-0.05, 0) is 26.7 Å². The van der Waals surface area contributed by atoms with Crippen LogP contribution in [0.25, 0.3) is 0 Å². The number of hydrogen-bond acceptors (Lipinski definition) is 4. The molecule has 2 rings (SSSR count). The maximum absolute atomic E-state index is 9.78. The van der Waals surface area contributed by atoms with Crippen LogP contribution in [-0.2, 0) is 6.42 Å². The van der Waals surface area contributed by atoms with E-state index in [4.69, 9.17) is 11.6 Å². The van der Waals surface area contributed by atoms with E-state index in [-0.39, 0.29) is 6.10 Å². The van der Waals surface area contributed by atoms with Crippen LogP contribution >= 0.6 is 11.6 Å². The van der Waals surface area contributed by atoms with Gasteiger partial charge in [0.25, 0.3) is 0 Å². The molecular formula is C14H22ClN3O.